The average Bonchev–Trinajstić information content (AvgIpc) is 3.14. The van der Waals surface area contributed by atoms with Crippen molar-refractivity contribution in [2.24, 2.45) is 0 Å². The number of amides is 1. The van der Waals surface area contributed by atoms with Crippen molar-refractivity contribution in [2.45, 2.75) is 31.7 Å². The zero-order valence-corrected chi connectivity index (χ0v) is 18.9. The first-order valence-corrected chi connectivity index (χ1v) is 11.4. The van der Waals surface area contributed by atoms with Gasteiger partial charge in [0.15, 0.2) is 6.61 Å². The zero-order valence-electron chi connectivity index (χ0n) is 18.9. The lowest BCUT2D eigenvalue weighted by Gasteiger charge is -2.22. The maximum absolute atomic E-state index is 13.0. The Balaban J connectivity index is 1.51. The van der Waals surface area contributed by atoms with Crippen LogP contribution in [0.15, 0.2) is 90.8 Å². The minimum Gasteiger partial charge on any atom is -0.482 e. The Morgan fingerprint density at radius 3 is 2.76 bits per heavy atom. The predicted octanol–water partition coefficient (Wildman–Crippen LogP) is 4.67. The van der Waals surface area contributed by atoms with E-state index in [1.165, 1.54) is 0 Å². The van der Waals surface area contributed by atoms with Gasteiger partial charge in [-0.15, -0.1) is 0 Å². The van der Waals surface area contributed by atoms with Crippen molar-refractivity contribution in [1.29, 1.82) is 0 Å². The summed E-state index contributed by atoms with van der Waals surface area (Å²) < 4.78 is 5.49. The second-order valence-corrected chi connectivity index (χ2v) is 8.19. The lowest BCUT2D eigenvalue weighted by molar-refractivity contribution is -0.139. The molecule has 1 amide bonds. The molecule has 174 valence electrons. The largest absolute Gasteiger partial charge is 0.482 e. The van der Waals surface area contributed by atoms with Crippen LogP contribution in [0, 0.1) is 0 Å². The topological polar surface area (TPSA) is 87.7 Å². The Bertz CT molecular complexity index is 1160. The smallest absolute Gasteiger partial charge is 0.341 e. The van der Waals surface area contributed by atoms with Crippen LogP contribution in [0.1, 0.15) is 42.0 Å². The van der Waals surface area contributed by atoms with Crippen LogP contribution < -0.4 is 15.4 Å². The average molecular weight is 457 g/mol. The number of carboxylic acids is 1. The fraction of sp³-hybridized carbons (Fsp3) is 0.214. The molecule has 1 aliphatic heterocycles. The van der Waals surface area contributed by atoms with Gasteiger partial charge in [0.05, 0.1) is 6.04 Å². The molecule has 0 radical (unpaired) electrons. The van der Waals surface area contributed by atoms with Gasteiger partial charge in [-0.25, -0.2) is 4.79 Å². The molecule has 0 aromatic heterocycles. The lowest BCUT2D eigenvalue weighted by atomic mass is 9.86. The van der Waals surface area contributed by atoms with Gasteiger partial charge in [0.1, 0.15) is 5.75 Å². The van der Waals surface area contributed by atoms with Crippen LogP contribution in [0.4, 0.5) is 0 Å². The Labute approximate surface area is 199 Å². The van der Waals surface area contributed by atoms with E-state index >= 15 is 0 Å². The summed E-state index contributed by atoms with van der Waals surface area (Å²) in [5.74, 6) is -0.469. The van der Waals surface area contributed by atoms with E-state index in [0.717, 1.165) is 47.1 Å². The first-order chi connectivity index (χ1) is 16.6. The minimum absolute atomic E-state index is 0.0711. The number of aliphatic carboxylic acids is 1. The molecule has 1 atom stereocenters. The molecule has 34 heavy (non-hydrogen) atoms. The molecule has 1 aliphatic carbocycles. The van der Waals surface area contributed by atoms with Crippen molar-refractivity contribution in [2.75, 3.05) is 6.61 Å². The highest BCUT2D eigenvalue weighted by Crippen LogP contribution is 2.36. The molecular weight excluding hydrogens is 428 g/mol. The first-order valence-electron chi connectivity index (χ1n) is 11.4. The van der Waals surface area contributed by atoms with Crippen LogP contribution in [0.2, 0.25) is 0 Å². The monoisotopic (exact) mass is 456 g/mol. The van der Waals surface area contributed by atoms with Gasteiger partial charge in [0.2, 0.25) is 5.91 Å². The normalized spacial score (nSPS) is 16.6. The molecule has 0 saturated carbocycles. The molecule has 1 unspecified atom stereocenters. The number of hydrogen-bond acceptors (Lipinski definition) is 4. The molecule has 1 heterocycles. The summed E-state index contributed by atoms with van der Waals surface area (Å²) in [4.78, 5) is 23.9. The number of carbonyl (C=O) groups is 2. The Morgan fingerprint density at radius 1 is 1.09 bits per heavy atom. The van der Waals surface area contributed by atoms with E-state index in [4.69, 9.17) is 9.84 Å². The van der Waals surface area contributed by atoms with E-state index in [9.17, 15) is 9.59 Å². The molecule has 0 fully saturated rings. The number of hydrogen-bond donors (Lipinski definition) is 3. The molecular formula is C28H28N2O4. The molecule has 0 bridgehead atoms. The second kappa shape index (κ2) is 11.2. The Kier molecular flexibility index (Phi) is 7.60. The second-order valence-electron chi connectivity index (χ2n) is 8.19. The summed E-state index contributed by atoms with van der Waals surface area (Å²) >= 11 is 0. The number of allylic oxidation sites excluding steroid dienone is 3. The highest BCUT2D eigenvalue weighted by molar-refractivity contribution is 5.82. The van der Waals surface area contributed by atoms with Crippen LogP contribution in [0.3, 0.4) is 0 Å². The van der Waals surface area contributed by atoms with E-state index in [-0.39, 0.29) is 25.0 Å². The molecule has 2 aromatic carbocycles. The number of rotatable bonds is 8. The maximum atomic E-state index is 13.0. The Morgan fingerprint density at radius 2 is 1.94 bits per heavy atom. The summed E-state index contributed by atoms with van der Waals surface area (Å²) in [5.41, 5.74) is 5.10. The van der Waals surface area contributed by atoms with Gasteiger partial charge in [-0.05, 0) is 53.7 Å². The standard InChI is InChI=1S/C28H28N2O4/c31-26(30-28(21-8-2-1-3-9-21)22-10-4-5-17-29-18-22)16-15-20-11-6-13-24-23(20)12-7-14-25(24)34-19-27(32)33/h1-5,7-10,12,14-15,17-18,28-29H,6,11,13,16,19H2,(H,30,31)(H,32,33). The van der Waals surface area contributed by atoms with E-state index in [2.05, 4.69) is 10.6 Å². The predicted molar refractivity (Wildman–Crippen MR) is 132 cm³/mol. The van der Waals surface area contributed by atoms with Crippen LogP contribution in [0.25, 0.3) is 5.57 Å². The summed E-state index contributed by atoms with van der Waals surface area (Å²) in [6, 6.07) is 15.3. The molecule has 2 aliphatic rings. The van der Waals surface area contributed by atoms with Gasteiger partial charge in [-0.1, -0.05) is 60.7 Å². The van der Waals surface area contributed by atoms with Crippen molar-refractivity contribution in [1.82, 2.24) is 10.6 Å². The molecule has 0 spiro atoms. The number of carbonyl (C=O) groups excluding carboxylic acids is 1. The van der Waals surface area contributed by atoms with Gasteiger partial charge in [-0.2, -0.15) is 0 Å². The minimum atomic E-state index is -1.00. The van der Waals surface area contributed by atoms with Crippen molar-refractivity contribution in [3.05, 3.63) is 107 Å². The summed E-state index contributed by atoms with van der Waals surface area (Å²) in [5, 5.41) is 15.2. The van der Waals surface area contributed by atoms with Crippen molar-refractivity contribution >= 4 is 17.4 Å². The van der Waals surface area contributed by atoms with E-state index < -0.39 is 5.97 Å². The van der Waals surface area contributed by atoms with Crippen LogP contribution in [0.5, 0.6) is 5.75 Å². The lowest BCUT2D eigenvalue weighted by Crippen LogP contribution is -2.29. The maximum Gasteiger partial charge on any atom is 0.341 e. The molecule has 6 nitrogen and oxygen atoms in total. The van der Waals surface area contributed by atoms with Gasteiger partial charge < -0.3 is 20.5 Å². The first kappa shape index (κ1) is 23.1. The summed E-state index contributed by atoms with van der Waals surface area (Å²) in [6.07, 6.45) is 14.4. The van der Waals surface area contributed by atoms with Gasteiger partial charge in [0.25, 0.3) is 0 Å². The van der Waals surface area contributed by atoms with Crippen LogP contribution in [-0.4, -0.2) is 23.6 Å². The zero-order chi connectivity index (χ0) is 23.8. The highest BCUT2D eigenvalue weighted by Gasteiger charge is 2.20. The molecule has 3 N–H and O–H groups in total. The Hall–Kier alpha value is -4.06. The number of nitrogens with one attached hydrogen (secondary N) is 2. The van der Waals surface area contributed by atoms with E-state index in [0.29, 0.717) is 5.75 Å². The summed E-state index contributed by atoms with van der Waals surface area (Å²) in [6.45, 7) is -0.368. The number of carboxylic acid groups (broad SMARTS) is 1. The van der Waals surface area contributed by atoms with Crippen molar-refractivity contribution in [3.8, 4) is 5.75 Å². The fourth-order valence-corrected chi connectivity index (χ4v) is 4.29. The van der Waals surface area contributed by atoms with Crippen LogP contribution in [-0.2, 0) is 16.0 Å². The number of benzene rings is 2. The van der Waals surface area contributed by atoms with Gasteiger partial charge >= 0.3 is 5.97 Å². The van der Waals surface area contributed by atoms with Crippen LogP contribution >= 0.6 is 0 Å². The highest BCUT2D eigenvalue weighted by atomic mass is 16.5. The molecule has 6 heteroatoms. The van der Waals surface area contributed by atoms with E-state index in [1.807, 2.05) is 79.2 Å². The van der Waals surface area contributed by atoms with Gasteiger partial charge in [0, 0.05) is 24.4 Å². The van der Waals surface area contributed by atoms with Crippen molar-refractivity contribution < 1.29 is 19.4 Å². The number of fused-ring (bicyclic) bond motifs is 1. The third kappa shape index (κ3) is 5.84. The molecule has 0 saturated heterocycles. The third-order valence-corrected chi connectivity index (χ3v) is 5.85. The number of ether oxygens (including phenoxy) is 1. The van der Waals surface area contributed by atoms with E-state index in [1.54, 1.807) is 6.07 Å². The fourth-order valence-electron chi connectivity index (χ4n) is 4.29. The van der Waals surface area contributed by atoms with Gasteiger partial charge in [-0.3, -0.25) is 4.79 Å². The van der Waals surface area contributed by atoms with Crippen molar-refractivity contribution in [3.63, 3.8) is 0 Å². The third-order valence-electron chi connectivity index (χ3n) is 5.85. The quantitative estimate of drug-likeness (QED) is 0.537. The SMILES string of the molecule is O=C(O)COc1cccc2c1CCCC2=CCC(=O)NC(C1=CNC=CC=C1)c1ccccc1. The molecule has 2 aromatic rings. The molecule has 4 rings (SSSR count). The summed E-state index contributed by atoms with van der Waals surface area (Å²) in [7, 11) is 0.